The van der Waals surface area contributed by atoms with E-state index in [0.717, 1.165) is 50.8 Å². The third kappa shape index (κ3) is 2.64. The maximum Gasteiger partial charge on any atom is 0.244 e. The van der Waals surface area contributed by atoms with Gasteiger partial charge in [-0.1, -0.05) is 6.92 Å². The summed E-state index contributed by atoms with van der Waals surface area (Å²) in [6.45, 7) is 8.12. The Kier molecular flexibility index (Phi) is 4.19. The van der Waals surface area contributed by atoms with Crippen molar-refractivity contribution in [2.24, 2.45) is 0 Å². The molecule has 2 rings (SSSR count). The first-order valence-electron chi connectivity index (χ1n) is 6.63. The highest BCUT2D eigenvalue weighted by Crippen LogP contribution is 2.26. The predicted molar refractivity (Wildman–Crippen MR) is 70.7 cm³/mol. The molecular formula is C12H23N5O. The van der Waals surface area contributed by atoms with E-state index in [0.29, 0.717) is 0 Å². The van der Waals surface area contributed by atoms with Crippen LogP contribution in [0.25, 0.3) is 0 Å². The lowest BCUT2D eigenvalue weighted by Gasteiger charge is -2.23. The molecule has 1 aliphatic heterocycles. The maximum absolute atomic E-state index is 5.53. The number of nitrogens with zero attached hydrogens (tertiary/aromatic N) is 3. The average Bonchev–Trinajstić information content (AvgIpc) is 2.75. The second kappa shape index (κ2) is 5.67. The summed E-state index contributed by atoms with van der Waals surface area (Å²) in [6.07, 6.45) is 1.99. The van der Waals surface area contributed by atoms with Crippen molar-refractivity contribution in [1.29, 1.82) is 0 Å². The van der Waals surface area contributed by atoms with Crippen molar-refractivity contribution in [2.75, 3.05) is 38.2 Å². The molecule has 0 spiro atoms. The zero-order valence-electron chi connectivity index (χ0n) is 11.5. The number of methoxy groups -OCH3 is 1. The van der Waals surface area contributed by atoms with Crippen molar-refractivity contribution in [3.63, 3.8) is 0 Å². The molecule has 1 saturated heterocycles. The number of H-pyrrole nitrogens is 1. The lowest BCUT2D eigenvalue weighted by Crippen LogP contribution is -2.29. The number of nitrogens with one attached hydrogen (secondary N) is 2. The molecule has 0 aromatic carbocycles. The molecule has 2 heterocycles. The molecule has 1 aliphatic rings. The second-order valence-corrected chi connectivity index (χ2v) is 4.86. The molecule has 2 N–H and O–H groups in total. The van der Waals surface area contributed by atoms with E-state index in [4.69, 9.17) is 4.74 Å². The summed E-state index contributed by atoms with van der Waals surface area (Å²) in [4.78, 5) is 6.81. The van der Waals surface area contributed by atoms with E-state index in [1.54, 1.807) is 7.11 Å². The highest BCUT2D eigenvalue weighted by molar-refractivity contribution is 5.29. The zero-order valence-corrected chi connectivity index (χ0v) is 11.5. The molecule has 1 fully saturated rings. The quantitative estimate of drug-likeness (QED) is 0.833. The van der Waals surface area contributed by atoms with Gasteiger partial charge in [-0.3, -0.25) is 5.10 Å². The van der Waals surface area contributed by atoms with E-state index >= 15 is 0 Å². The lowest BCUT2D eigenvalue weighted by molar-refractivity contribution is -0.00864. The van der Waals surface area contributed by atoms with Gasteiger partial charge in [0.2, 0.25) is 5.95 Å². The predicted octanol–water partition coefficient (Wildman–Crippen LogP) is 0.876. The number of anilines is 1. The summed E-state index contributed by atoms with van der Waals surface area (Å²) in [7, 11) is 1.71. The molecule has 1 unspecified atom stereocenters. The van der Waals surface area contributed by atoms with Gasteiger partial charge >= 0.3 is 0 Å². The molecule has 0 saturated carbocycles. The van der Waals surface area contributed by atoms with Crippen molar-refractivity contribution >= 4 is 5.95 Å². The molecule has 102 valence electrons. The number of ether oxygens (including phenoxy) is 1. The average molecular weight is 253 g/mol. The Bertz CT molecular complexity index is 366. The number of aromatic amines is 1. The fraction of sp³-hybridized carbons (Fsp3) is 0.833. The molecule has 1 atom stereocenters. The highest BCUT2D eigenvalue weighted by Gasteiger charge is 2.29. The van der Waals surface area contributed by atoms with Gasteiger partial charge < -0.3 is 15.0 Å². The molecule has 0 amide bonds. The summed E-state index contributed by atoms with van der Waals surface area (Å²) < 4.78 is 5.53. The normalized spacial score (nSPS) is 20.5. The van der Waals surface area contributed by atoms with Gasteiger partial charge in [0.15, 0.2) is 5.82 Å². The molecule has 0 bridgehead atoms. The minimum atomic E-state index is -0.380. The number of hydrogen-bond donors (Lipinski definition) is 2. The fourth-order valence-corrected chi connectivity index (χ4v) is 2.09. The van der Waals surface area contributed by atoms with E-state index in [1.807, 2.05) is 6.92 Å². The van der Waals surface area contributed by atoms with Crippen LogP contribution in [0, 0.1) is 0 Å². The van der Waals surface area contributed by atoms with Crippen LogP contribution < -0.4 is 10.2 Å². The lowest BCUT2D eigenvalue weighted by atomic mass is 10.0. The van der Waals surface area contributed by atoms with Gasteiger partial charge in [-0.2, -0.15) is 4.98 Å². The van der Waals surface area contributed by atoms with Crippen molar-refractivity contribution in [2.45, 2.75) is 32.3 Å². The number of rotatable bonds is 4. The first kappa shape index (κ1) is 13.3. The number of hydrogen-bond acceptors (Lipinski definition) is 5. The van der Waals surface area contributed by atoms with Crippen LogP contribution >= 0.6 is 0 Å². The molecule has 6 heteroatoms. The van der Waals surface area contributed by atoms with Crippen LogP contribution in [0.15, 0.2) is 0 Å². The second-order valence-electron chi connectivity index (χ2n) is 4.86. The summed E-state index contributed by atoms with van der Waals surface area (Å²) in [5.74, 6) is 1.59. The van der Waals surface area contributed by atoms with Gasteiger partial charge in [-0.05, 0) is 26.3 Å². The summed E-state index contributed by atoms with van der Waals surface area (Å²) in [6, 6.07) is 0. The summed E-state index contributed by atoms with van der Waals surface area (Å²) in [5, 5.41) is 10.7. The van der Waals surface area contributed by atoms with Gasteiger partial charge in [0.25, 0.3) is 0 Å². The molecule has 0 radical (unpaired) electrons. The maximum atomic E-state index is 5.53. The van der Waals surface area contributed by atoms with Crippen molar-refractivity contribution in [3.05, 3.63) is 5.82 Å². The van der Waals surface area contributed by atoms with Crippen molar-refractivity contribution in [1.82, 2.24) is 20.5 Å². The van der Waals surface area contributed by atoms with E-state index in [1.165, 1.54) is 0 Å². The third-order valence-corrected chi connectivity index (χ3v) is 3.72. The Morgan fingerprint density at radius 2 is 2.22 bits per heavy atom. The molecule has 18 heavy (non-hydrogen) atoms. The fourth-order valence-electron chi connectivity index (χ4n) is 2.09. The first-order valence-corrected chi connectivity index (χ1v) is 6.63. The van der Waals surface area contributed by atoms with Gasteiger partial charge in [-0.25, -0.2) is 0 Å². The summed E-state index contributed by atoms with van der Waals surface area (Å²) in [5.41, 5.74) is -0.380. The third-order valence-electron chi connectivity index (χ3n) is 3.72. The van der Waals surface area contributed by atoms with E-state index in [2.05, 4.69) is 32.3 Å². The molecule has 1 aromatic rings. The highest BCUT2D eigenvalue weighted by atomic mass is 16.5. The molecule has 1 aromatic heterocycles. The largest absolute Gasteiger partial charge is 0.371 e. The standard InChI is InChI=1S/C12H23N5O/c1-4-12(2,18-3)10-14-11(16-15-10)17-8-5-6-13-7-9-17/h13H,4-9H2,1-3H3,(H,14,15,16). The van der Waals surface area contributed by atoms with Gasteiger partial charge in [0.1, 0.15) is 5.60 Å². The zero-order chi connectivity index (χ0) is 13.0. The smallest absolute Gasteiger partial charge is 0.244 e. The van der Waals surface area contributed by atoms with Crippen molar-refractivity contribution < 1.29 is 4.74 Å². The van der Waals surface area contributed by atoms with E-state index < -0.39 is 0 Å². The Hall–Kier alpha value is -1.14. The minimum absolute atomic E-state index is 0.380. The van der Waals surface area contributed by atoms with Crippen LogP contribution in [0.4, 0.5) is 5.95 Å². The summed E-state index contributed by atoms with van der Waals surface area (Å²) >= 11 is 0. The Labute approximate surface area is 108 Å². The van der Waals surface area contributed by atoms with Crippen LogP contribution in [0.5, 0.6) is 0 Å². The Balaban J connectivity index is 2.13. The van der Waals surface area contributed by atoms with Crippen LogP contribution in [-0.2, 0) is 10.3 Å². The SMILES string of the molecule is CCC(C)(OC)c1nc(N2CCCNCC2)n[nH]1. The van der Waals surface area contributed by atoms with Crippen LogP contribution in [0.1, 0.15) is 32.5 Å². The van der Waals surface area contributed by atoms with Gasteiger partial charge in [0, 0.05) is 26.7 Å². The topological polar surface area (TPSA) is 66.1 Å². The Morgan fingerprint density at radius 1 is 1.39 bits per heavy atom. The van der Waals surface area contributed by atoms with Crippen LogP contribution in [0.2, 0.25) is 0 Å². The minimum Gasteiger partial charge on any atom is -0.371 e. The monoisotopic (exact) mass is 253 g/mol. The van der Waals surface area contributed by atoms with Crippen LogP contribution in [-0.4, -0.2) is 48.5 Å². The first-order chi connectivity index (χ1) is 8.69. The number of aromatic nitrogens is 3. The van der Waals surface area contributed by atoms with Crippen LogP contribution in [0.3, 0.4) is 0 Å². The molecular weight excluding hydrogens is 230 g/mol. The van der Waals surface area contributed by atoms with Gasteiger partial charge in [-0.15, -0.1) is 5.10 Å². The van der Waals surface area contributed by atoms with Gasteiger partial charge in [0.05, 0.1) is 0 Å². The Morgan fingerprint density at radius 3 is 2.94 bits per heavy atom. The van der Waals surface area contributed by atoms with Crippen molar-refractivity contribution in [3.8, 4) is 0 Å². The molecule has 0 aliphatic carbocycles. The molecule has 6 nitrogen and oxygen atoms in total. The van der Waals surface area contributed by atoms with E-state index in [-0.39, 0.29) is 5.60 Å². The van der Waals surface area contributed by atoms with E-state index in [9.17, 15) is 0 Å².